The molecule has 3 rings (SSSR count). The number of benzene rings is 1. The van der Waals surface area contributed by atoms with Crippen molar-refractivity contribution in [1.29, 1.82) is 5.26 Å². The first-order valence-electron chi connectivity index (χ1n) is 6.88. The van der Waals surface area contributed by atoms with E-state index in [9.17, 15) is 9.59 Å². The predicted molar refractivity (Wildman–Crippen MR) is 80.5 cm³/mol. The number of anilines is 1. The van der Waals surface area contributed by atoms with Crippen molar-refractivity contribution in [1.82, 2.24) is 4.90 Å². The van der Waals surface area contributed by atoms with Crippen LogP contribution in [0.2, 0.25) is 0 Å². The van der Waals surface area contributed by atoms with Crippen LogP contribution in [0, 0.1) is 17.2 Å². The summed E-state index contributed by atoms with van der Waals surface area (Å²) in [5, 5.41) is 11.6. The SMILES string of the molecule is N#Cc1ccc(NC(=O)[C@H]2CSCN2C(=O)C2CC2)cc1. The highest BCUT2D eigenvalue weighted by atomic mass is 32.2. The zero-order valence-corrected chi connectivity index (χ0v) is 12.2. The van der Waals surface area contributed by atoms with E-state index in [0.717, 1.165) is 12.8 Å². The lowest BCUT2D eigenvalue weighted by molar-refractivity contribution is -0.137. The monoisotopic (exact) mass is 301 g/mol. The van der Waals surface area contributed by atoms with Gasteiger partial charge in [-0.1, -0.05) is 0 Å². The average molecular weight is 301 g/mol. The van der Waals surface area contributed by atoms with E-state index in [1.807, 2.05) is 6.07 Å². The van der Waals surface area contributed by atoms with Crippen LogP contribution in [0.4, 0.5) is 5.69 Å². The third-order valence-corrected chi connectivity index (χ3v) is 4.69. The Kier molecular flexibility index (Phi) is 3.84. The molecule has 1 heterocycles. The van der Waals surface area contributed by atoms with E-state index in [1.54, 1.807) is 40.9 Å². The second kappa shape index (κ2) is 5.78. The van der Waals surface area contributed by atoms with Gasteiger partial charge in [0.05, 0.1) is 17.5 Å². The first-order valence-corrected chi connectivity index (χ1v) is 8.04. The quantitative estimate of drug-likeness (QED) is 0.924. The summed E-state index contributed by atoms with van der Waals surface area (Å²) in [6, 6.07) is 8.36. The Bertz CT molecular complexity index is 604. The molecule has 1 aliphatic carbocycles. The first kappa shape index (κ1) is 14.0. The molecule has 6 heteroatoms. The van der Waals surface area contributed by atoms with Crippen LogP contribution in [0.25, 0.3) is 0 Å². The predicted octanol–water partition coefficient (Wildman–Crippen LogP) is 1.81. The van der Waals surface area contributed by atoms with E-state index in [-0.39, 0.29) is 17.7 Å². The first-order chi connectivity index (χ1) is 10.2. The summed E-state index contributed by atoms with van der Waals surface area (Å²) in [7, 11) is 0. The molecular formula is C15H15N3O2S. The molecule has 1 saturated carbocycles. The molecule has 1 aliphatic heterocycles. The third kappa shape index (κ3) is 3.03. The fourth-order valence-corrected chi connectivity index (χ4v) is 3.46. The number of hydrogen-bond donors (Lipinski definition) is 1. The van der Waals surface area contributed by atoms with Gasteiger partial charge in [-0.05, 0) is 37.1 Å². The summed E-state index contributed by atoms with van der Waals surface area (Å²) in [6.07, 6.45) is 1.90. The Balaban J connectivity index is 1.66. The van der Waals surface area contributed by atoms with E-state index in [0.29, 0.717) is 22.9 Å². The minimum atomic E-state index is -0.390. The van der Waals surface area contributed by atoms with Gasteiger partial charge in [-0.3, -0.25) is 9.59 Å². The fraction of sp³-hybridized carbons (Fsp3) is 0.400. The van der Waals surface area contributed by atoms with Crippen LogP contribution in [0.3, 0.4) is 0 Å². The molecule has 1 atom stereocenters. The lowest BCUT2D eigenvalue weighted by Gasteiger charge is -2.23. The Labute approximate surface area is 127 Å². The zero-order valence-electron chi connectivity index (χ0n) is 11.4. The summed E-state index contributed by atoms with van der Waals surface area (Å²) >= 11 is 1.61. The number of rotatable bonds is 3. The standard InChI is InChI=1S/C15H15N3O2S/c16-7-10-1-5-12(6-2-10)17-14(19)13-8-21-9-18(13)15(20)11-3-4-11/h1-2,5-6,11,13H,3-4,8-9H2,(H,17,19)/t13-/m1/s1. The van der Waals surface area contributed by atoms with Gasteiger partial charge in [0.1, 0.15) is 6.04 Å². The molecule has 5 nitrogen and oxygen atoms in total. The third-order valence-electron chi connectivity index (χ3n) is 3.68. The number of carbonyl (C=O) groups excluding carboxylic acids is 2. The van der Waals surface area contributed by atoms with Crippen molar-refractivity contribution in [2.75, 3.05) is 16.9 Å². The van der Waals surface area contributed by atoms with Gasteiger partial charge < -0.3 is 10.2 Å². The van der Waals surface area contributed by atoms with Crippen molar-refractivity contribution in [2.45, 2.75) is 18.9 Å². The lowest BCUT2D eigenvalue weighted by atomic mass is 10.2. The largest absolute Gasteiger partial charge is 0.324 e. The Morgan fingerprint density at radius 1 is 1.29 bits per heavy atom. The summed E-state index contributed by atoms with van der Waals surface area (Å²) in [5.74, 6) is 1.33. The molecule has 2 fully saturated rings. The van der Waals surface area contributed by atoms with Crippen molar-refractivity contribution in [3.05, 3.63) is 29.8 Å². The zero-order chi connectivity index (χ0) is 14.8. The molecule has 1 saturated heterocycles. The van der Waals surface area contributed by atoms with Gasteiger partial charge in [-0.2, -0.15) is 5.26 Å². The van der Waals surface area contributed by atoms with Gasteiger partial charge in [0.2, 0.25) is 11.8 Å². The number of carbonyl (C=O) groups is 2. The molecule has 1 aromatic rings. The smallest absolute Gasteiger partial charge is 0.248 e. The topological polar surface area (TPSA) is 73.2 Å². The maximum absolute atomic E-state index is 12.3. The van der Waals surface area contributed by atoms with Crippen LogP contribution in [0.15, 0.2) is 24.3 Å². The van der Waals surface area contributed by atoms with Crippen molar-refractivity contribution in [2.24, 2.45) is 5.92 Å². The summed E-state index contributed by atoms with van der Waals surface area (Å²) in [6.45, 7) is 0. The Hall–Kier alpha value is -2.00. The van der Waals surface area contributed by atoms with Gasteiger partial charge >= 0.3 is 0 Å². The second-order valence-corrected chi connectivity index (χ2v) is 6.28. The average Bonchev–Trinajstić information content (AvgIpc) is 3.23. The molecule has 108 valence electrons. The molecule has 1 N–H and O–H groups in total. The van der Waals surface area contributed by atoms with E-state index >= 15 is 0 Å². The van der Waals surface area contributed by atoms with Crippen LogP contribution >= 0.6 is 11.8 Å². The highest BCUT2D eigenvalue weighted by Crippen LogP contribution is 2.34. The van der Waals surface area contributed by atoms with Gasteiger partial charge in [0.25, 0.3) is 0 Å². The molecule has 0 aromatic heterocycles. The van der Waals surface area contributed by atoms with Gasteiger partial charge in [0.15, 0.2) is 0 Å². The number of thioether (sulfide) groups is 1. The molecule has 2 aliphatic rings. The van der Waals surface area contributed by atoms with Crippen LogP contribution in [-0.2, 0) is 9.59 Å². The molecule has 1 aromatic carbocycles. The van der Waals surface area contributed by atoms with Gasteiger partial charge in [-0.25, -0.2) is 0 Å². The van der Waals surface area contributed by atoms with Crippen molar-refractivity contribution in [3.8, 4) is 6.07 Å². The van der Waals surface area contributed by atoms with Crippen molar-refractivity contribution in [3.63, 3.8) is 0 Å². The summed E-state index contributed by atoms with van der Waals surface area (Å²) < 4.78 is 0. The Morgan fingerprint density at radius 2 is 2.00 bits per heavy atom. The van der Waals surface area contributed by atoms with Crippen molar-refractivity contribution < 1.29 is 9.59 Å². The molecule has 2 amide bonds. The van der Waals surface area contributed by atoms with Crippen molar-refractivity contribution >= 4 is 29.3 Å². The number of nitriles is 1. The van der Waals surface area contributed by atoms with E-state index < -0.39 is 6.04 Å². The number of amides is 2. The minimum absolute atomic E-state index is 0.111. The summed E-state index contributed by atoms with van der Waals surface area (Å²) in [5.41, 5.74) is 1.20. The van der Waals surface area contributed by atoms with Gasteiger partial charge in [0, 0.05) is 17.4 Å². The van der Waals surface area contributed by atoms with E-state index in [4.69, 9.17) is 5.26 Å². The Morgan fingerprint density at radius 3 is 2.62 bits per heavy atom. The molecule has 21 heavy (non-hydrogen) atoms. The van der Waals surface area contributed by atoms with Crippen LogP contribution < -0.4 is 5.32 Å². The summed E-state index contributed by atoms with van der Waals surface area (Å²) in [4.78, 5) is 26.2. The molecule has 0 bridgehead atoms. The molecule has 0 unspecified atom stereocenters. The van der Waals surface area contributed by atoms with E-state index in [2.05, 4.69) is 5.32 Å². The minimum Gasteiger partial charge on any atom is -0.324 e. The maximum atomic E-state index is 12.3. The number of nitrogens with one attached hydrogen (secondary N) is 1. The van der Waals surface area contributed by atoms with Crippen LogP contribution in [0.1, 0.15) is 18.4 Å². The van der Waals surface area contributed by atoms with Gasteiger partial charge in [-0.15, -0.1) is 11.8 Å². The molecule has 0 spiro atoms. The molecule has 0 radical (unpaired) electrons. The number of hydrogen-bond acceptors (Lipinski definition) is 4. The fourth-order valence-electron chi connectivity index (χ4n) is 2.30. The normalized spacial score (nSPS) is 20.9. The highest BCUT2D eigenvalue weighted by Gasteiger charge is 2.41. The number of nitrogens with zero attached hydrogens (tertiary/aromatic N) is 2. The highest BCUT2D eigenvalue weighted by molar-refractivity contribution is 7.99. The maximum Gasteiger partial charge on any atom is 0.248 e. The second-order valence-electron chi connectivity index (χ2n) is 5.28. The van der Waals surface area contributed by atoms with E-state index in [1.165, 1.54) is 0 Å². The van der Waals surface area contributed by atoms with Crippen LogP contribution in [-0.4, -0.2) is 34.4 Å². The molecular weight excluding hydrogens is 286 g/mol. The lowest BCUT2D eigenvalue weighted by Crippen LogP contribution is -2.45. The van der Waals surface area contributed by atoms with Crippen LogP contribution in [0.5, 0.6) is 0 Å².